The third kappa shape index (κ3) is 3.70. The third-order valence-corrected chi connectivity index (χ3v) is 7.55. The van der Waals surface area contributed by atoms with Crippen LogP contribution in [0, 0.1) is 19.8 Å². The van der Waals surface area contributed by atoms with Crippen LogP contribution < -0.4 is 0 Å². The molecular formula is C21H26O4S. The molecule has 0 spiro atoms. The van der Waals surface area contributed by atoms with Crippen LogP contribution >= 0.6 is 0 Å². The molecule has 5 heteroatoms. The van der Waals surface area contributed by atoms with Gasteiger partial charge in [-0.1, -0.05) is 36.4 Å². The van der Waals surface area contributed by atoms with Gasteiger partial charge in [-0.2, -0.15) is 0 Å². The van der Waals surface area contributed by atoms with E-state index in [-0.39, 0.29) is 10.8 Å². The largest absolute Gasteiger partial charge is 0.391 e. The van der Waals surface area contributed by atoms with Crippen molar-refractivity contribution >= 4 is 9.84 Å². The van der Waals surface area contributed by atoms with E-state index in [2.05, 4.69) is 0 Å². The van der Waals surface area contributed by atoms with Crippen molar-refractivity contribution in [3.05, 3.63) is 65.2 Å². The summed E-state index contributed by atoms with van der Waals surface area (Å²) in [5.74, 6) is -0.0906. The van der Waals surface area contributed by atoms with E-state index >= 15 is 0 Å². The molecule has 0 saturated carbocycles. The number of hydrogen-bond donors (Lipinski definition) is 1. The van der Waals surface area contributed by atoms with Gasteiger partial charge in [0.1, 0.15) is 5.25 Å². The Morgan fingerprint density at radius 1 is 1.00 bits per heavy atom. The van der Waals surface area contributed by atoms with Gasteiger partial charge < -0.3 is 9.84 Å². The first kappa shape index (κ1) is 19.1. The fourth-order valence-electron chi connectivity index (χ4n) is 3.68. The molecule has 26 heavy (non-hydrogen) atoms. The SMILES string of the molecule is Cc1cccc(C(C(O)C2CCOCC2)S(=O)(=O)c2ccccc2)c1C. The molecule has 1 saturated heterocycles. The van der Waals surface area contributed by atoms with E-state index in [4.69, 9.17) is 4.74 Å². The van der Waals surface area contributed by atoms with Gasteiger partial charge in [0, 0.05) is 13.2 Å². The Morgan fingerprint density at radius 2 is 1.65 bits per heavy atom. The summed E-state index contributed by atoms with van der Waals surface area (Å²) in [4.78, 5) is 0.247. The molecule has 4 nitrogen and oxygen atoms in total. The zero-order chi connectivity index (χ0) is 18.7. The average molecular weight is 375 g/mol. The van der Waals surface area contributed by atoms with Gasteiger partial charge in [0.15, 0.2) is 9.84 Å². The normalized spacial score (nSPS) is 18.4. The highest BCUT2D eigenvalue weighted by atomic mass is 32.2. The van der Waals surface area contributed by atoms with Gasteiger partial charge >= 0.3 is 0 Å². The second-order valence-electron chi connectivity index (χ2n) is 7.01. The van der Waals surface area contributed by atoms with E-state index in [1.165, 1.54) is 0 Å². The van der Waals surface area contributed by atoms with Crippen LogP contribution in [0.25, 0.3) is 0 Å². The third-order valence-electron chi connectivity index (χ3n) is 5.42. The standard InChI is InChI=1S/C21H26O4S/c1-15-7-6-10-19(16(15)2)21(20(22)17-11-13-25-14-12-17)26(23,24)18-8-4-3-5-9-18/h3-10,17,20-22H,11-14H2,1-2H3. The van der Waals surface area contributed by atoms with Crippen LogP contribution in [0.5, 0.6) is 0 Å². The van der Waals surface area contributed by atoms with Crippen molar-refractivity contribution < 1.29 is 18.3 Å². The molecule has 0 aromatic heterocycles. The smallest absolute Gasteiger partial charge is 0.187 e. The van der Waals surface area contributed by atoms with Crippen LogP contribution in [0.3, 0.4) is 0 Å². The zero-order valence-electron chi connectivity index (χ0n) is 15.3. The predicted octanol–water partition coefficient (Wildman–Crippen LogP) is 3.61. The summed E-state index contributed by atoms with van der Waals surface area (Å²) < 4.78 is 32.4. The first-order valence-electron chi connectivity index (χ1n) is 9.04. The Morgan fingerprint density at radius 3 is 2.31 bits per heavy atom. The summed E-state index contributed by atoms with van der Waals surface area (Å²) in [5, 5.41) is 10.2. The molecule has 0 amide bonds. The Kier molecular flexibility index (Phi) is 5.80. The Bertz CT molecular complexity index is 840. The summed E-state index contributed by atoms with van der Waals surface area (Å²) in [7, 11) is -3.73. The minimum absolute atomic E-state index is 0.0906. The second kappa shape index (κ2) is 7.91. The van der Waals surface area contributed by atoms with Crippen molar-refractivity contribution in [2.45, 2.75) is 42.9 Å². The second-order valence-corrected chi connectivity index (χ2v) is 9.08. The molecule has 2 aromatic rings. The molecule has 2 unspecified atom stereocenters. The Hall–Kier alpha value is -1.69. The number of benzene rings is 2. The van der Waals surface area contributed by atoms with Crippen LogP contribution in [0.4, 0.5) is 0 Å². The summed E-state index contributed by atoms with van der Waals surface area (Å²) in [5.41, 5.74) is 2.63. The van der Waals surface area contributed by atoms with Gasteiger partial charge in [-0.15, -0.1) is 0 Å². The average Bonchev–Trinajstić information content (AvgIpc) is 2.66. The number of aliphatic hydroxyl groups is 1. The molecule has 3 rings (SSSR count). The highest BCUT2D eigenvalue weighted by molar-refractivity contribution is 7.91. The molecule has 0 aliphatic carbocycles. The van der Waals surface area contributed by atoms with E-state index < -0.39 is 21.2 Å². The van der Waals surface area contributed by atoms with Crippen molar-refractivity contribution in [1.29, 1.82) is 0 Å². The lowest BCUT2D eigenvalue weighted by molar-refractivity contribution is 0.00621. The van der Waals surface area contributed by atoms with Gasteiger partial charge in [0.2, 0.25) is 0 Å². The van der Waals surface area contributed by atoms with Crippen molar-refractivity contribution in [3.8, 4) is 0 Å². The molecule has 1 heterocycles. The summed E-state index contributed by atoms with van der Waals surface area (Å²) >= 11 is 0. The molecule has 1 aliphatic heterocycles. The van der Waals surface area contributed by atoms with E-state index in [0.717, 1.165) is 11.1 Å². The monoisotopic (exact) mass is 374 g/mol. The number of ether oxygens (including phenoxy) is 1. The topological polar surface area (TPSA) is 63.6 Å². The van der Waals surface area contributed by atoms with Crippen LogP contribution in [-0.2, 0) is 14.6 Å². The molecule has 2 aromatic carbocycles. The maximum Gasteiger partial charge on any atom is 0.187 e. The van der Waals surface area contributed by atoms with Crippen LogP contribution in [0.15, 0.2) is 53.4 Å². The van der Waals surface area contributed by atoms with Crippen molar-refractivity contribution in [3.63, 3.8) is 0 Å². The van der Waals surface area contributed by atoms with Crippen molar-refractivity contribution in [2.24, 2.45) is 5.92 Å². The first-order chi connectivity index (χ1) is 12.4. The first-order valence-corrected chi connectivity index (χ1v) is 10.6. The maximum atomic E-state index is 13.5. The zero-order valence-corrected chi connectivity index (χ0v) is 16.1. The highest BCUT2D eigenvalue weighted by Gasteiger charge is 2.40. The lowest BCUT2D eigenvalue weighted by atomic mass is 9.87. The molecule has 1 N–H and O–H groups in total. The quantitative estimate of drug-likeness (QED) is 0.868. The fourth-order valence-corrected chi connectivity index (χ4v) is 5.69. The van der Waals surface area contributed by atoms with Gasteiger partial charge in [-0.05, 0) is 61.4 Å². The van der Waals surface area contributed by atoms with Gasteiger partial charge in [-0.25, -0.2) is 8.42 Å². The maximum absolute atomic E-state index is 13.5. The fraction of sp³-hybridized carbons (Fsp3) is 0.429. The highest BCUT2D eigenvalue weighted by Crippen LogP contribution is 2.39. The number of rotatable bonds is 5. The van der Waals surface area contributed by atoms with E-state index in [0.29, 0.717) is 31.6 Å². The summed E-state index contributed by atoms with van der Waals surface area (Å²) in [6, 6.07) is 14.1. The number of aryl methyl sites for hydroxylation is 1. The van der Waals surface area contributed by atoms with Crippen LogP contribution in [-0.4, -0.2) is 32.8 Å². The van der Waals surface area contributed by atoms with Gasteiger partial charge in [0.25, 0.3) is 0 Å². The van der Waals surface area contributed by atoms with E-state index in [1.54, 1.807) is 30.3 Å². The van der Waals surface area contributed by atoms with Gasteiger partial charge in [-0.3, -0.25) is 0 Å². The number of sulfone groups is 1. The number of aliphatic hydroxyl groups excluding tert-OH is 1. The van der Waals surface area contributed by atoms with Gasteiger partial charge in [0.05, 0.1) is 11.0 Å². The minimum Gasteiger partial charge on any atom is -0.391 e. The lowest BCUT2D eigenvalue weighted by Gasteiger charge is -2.33. The minimum atomic E-state index is -3.73. The molecular weight excluding hydrogens is 348 g/mol. The predicted molar refractivity (Wildman–Crippen MR) is 102 cm³/mol. The van der Waals surface area contributed by atoms with Crippen molar-refractivity contribution in [1.82, 2.24) is 0 Å². The van der Waals surface area contributed by atoms with Crippen molar-refractivity contribution in [2.75, 3.05) is 13.2 Å². The molecule has 0 bridgehead atoms. The van der Waals surface area contributed by atoms with Crippen LogP contribution in [0.1, 0.15) is 34.8 Å². The molecule has 1 aliphatic rings. The molecule has 0 radical (unpaired) electrons. The van der Waals surface area contributed by atoms with E-state index in [9.17, 15) is 13.5 Å². The molecule has 1 fully saturated rings. The lowest BCUT2D eigenvalue weighted by Crippen LogP contribution is -2.36. The Balaban J connectivity index is 2.11. The molecule has 140 valence electrons. The number of hydrogen-bond acceptors (Lipinski definition) is 4. The van der Waals surface area contributed by atoms with Crippen LogP contribution in [0.2, 0.25) is 0 Å². The molecule has 2 atom stereocenters. The summed E-state index contributed by atoms with van der Waals surface area (Å²) in [6.07, 6.45) is 0.379. The van der Waals surface area contributed by atoms with E-state index in [1.807, 2.05) is 32.0 Å². The Labute approximate surface area is 155 Å². The summed E-state index contributed by atoms with van der Waals surface area (Å²) in [6.45, 7) is 5.01.